The second kappa shape index (κ2) is 8.89. The van der Waals surface area contributed by atoms with Crippen LogP contribution in [0.1, 0.15) is 43.4 Å². The van der Waals surface area contributed by atoms with Crippen LogP contribution in [0.4, 0.5) is 0 Å². The highest BCUT2D eigenvalue weighted by atomic mass is 16.5. The van der Waals surface area contributed by atoms with E-state index in [2.05, 4.69) is 35.2 Å². The number of ether oxygens (including phenoxy) is 1. The first-order chi connectivity index (χ1) is 10.7. The fraction of sp³-hybridized carbons (Fsp3) is 0.611. The minimum Gasteiger partial charge on any atom is -0.389 e. The van der Waals surface area contributed by atoms with Crippen molar-refractivity contribution < 1.29 is 9.84 Å². The van der Waals surface area contributed by atoms with Crippen molar-refractivity contribution in [2.24, 2.45) is 0 Å². The number of benzene rings is 1. The first-order valence-electron chi connectivity index (χ1n) is 8.21. The summed E-state index contributed by atoms with van der Waals surface area (Å²) in [5, 5.41) is 18.8. The van der Waals surface area contributed by atoms with Gasteiger partial charge in [-0.2, -0.15) is 5.26 Å². The van der Waals surface area contributed by atoms with Crippen LogP contribution in [0.3, 0.4) is 0 Å². The van der Waals surface area contributed by atoms with E-state index in [-0.39, 0.29) is 6.10 Å². The SMILES string of the molecule is CCN(CCC#N)CC(O)COC1CCCc2ccccc21. The van der Waals surface area contributed by atoms with Gasteiger partial charge in [-0.1, -0.05) is 31.2 Å². The van der Waals surface area contributed by atoms with E-state index >= 15 is 0 Å². The summed E-state index contributed by atoms with van der Waals surface area (Å²) in [5.74, 6) is 0. The maximum atomic E-state index is 10.2. The van der Waals surface area contributed by atoms with Gasteiger partial charge >= 0.3 is 0 Å². The number of aryl methyl sites for hydroxylation is 1. The van der Waals surface area contributed by atoms with Gasteiger partial charge in [0.15, 0.2) is 0 Å². The van der Waals surface area contributed by atoms with Crippen LogP contribution in [0, 0.1) is 11.3 Å². The molecule has 0 saturated carbocycles. The minimum absolute atomic E-state index is 0.105. The molecule has 1 aromatic rings. The Balaban J connectivity index is 1.82. The van der Waals surface area contributed by atoms with Gasteiger partial charge < -0.3 is 9.84 Å². The zero-order chi connectivity index (χ0) is 15.8. The number of nitriles is 1. The Morgan fingerprint density at radius 3 is 3.05 bits per heavy atom. The third kappa shape index (κ3) is 4.81. The summed E-state index contributed by atoms with van der Waals surface area (Å²) in [7, 11) is 0. The van der Waals surface area contributed by atoms with Gasteiger partial charge in [0.1, 0.15) is 0 Å². The summed E-state index contributed by atoms with van der Waals surface area (Å²) in [4.78, 5) is 2.09. The lowest BCUT2D eigenvalue weighted by atomic mass is 9.89. The molecule has 120 valence electrons. The average molecular weight is 302 g/mol. The summed E-state index contributed by atoms with van der Waals surface area (Å²) >= 11 is 0. The van der Waals surface area contributed by atoms with Crippen molar-refractivity contribution in [3.63, 3.8) is 0 Å². The predicted octanol–water partition coefficient (Wildman–Crippen LogP) is 2.68. The molecule has 2 rings (SSSR count). The monoisotopic (exact) mass is 302 g/mol. The third-order valence-electron chi connectivity index (χ3n) is 4.26. The number of aliphatic hydroxyl groups is 1. The van der Waals surface area contributed by atoms with Crippen molar-refractivity contribution in [2.45, 2.75) is 44.8 Å². The summed E-state index contributed by atoms with van der Waals surface area (Å²) < 4.78 is 5.98. The van der Waals surface area contributed by atoms with Gasteiger partial charge in [-0.3, -0.25) is 4.90 Å². The van der Waals surface area contributed by atoms with Gasteiger partial charge in [0, 0.05) is 19.5 Å². The normalized spacial score (nSPS) is 18.7. The predicted molar refractivity (Wildman–Crippen MR) is 86.4 cm³/mol. The van der Waals surface area contributed by atoms with Gasteiger partial charge in [-0.05, 0) is 36.9 Å². The molecule has 4 heteroatoms. The van der Waals surface area contributed by atoms with Crippen LogP contribution in [0.5, 0.6) is 0 Å². The van der Waals surface area contributed by atoms with E-state index in [1.165, 1.54) is 11.1 Å². The van der Waals surface area contributed by atoms with E-state index in [1.54, 1.807) is 0 Å². The smallest absolute Gasteiger partial charge is 0.0900 e. The molecule has 0 spiro atoms. The second-order valence-electron chi connectivity index (χ2n) is 5.87. The Morgan fingerprint density at radius 1 is 1.45 bits per heavy atom. The number of aliphatic hydroxyl groups excluding tert-OH is 1. The second-order valence-corrected chi connectivity index (χ2v) is 5.87. The van der Waals surface area contributed by atoms with Crippen molar-refractivity contribution in [3.8, 4) is 6.07 Å². The molecular weight excluding hydrogens is 276 g/mol. The molecule has 1 aromatic carbocycles. The van der Waals surface area contributed by atoms with Crippen molar-refractivity contribution in [1.82, 2.24) is 4.90 Å². The molecule has 0 amide bonds. The van der Waals surface area contributed by atoms with Gasteiger partial charge in [-0.25, -0.2) is 0 Å². The van der Waals surface area contributed by atoms with Crippen molar-refractivity contribution in [3.05, 3.63) is 35.4 Å². The van der Waals surface area contributed by atoms with E-state index < -0.39 is 6.10 Å². The lowest BCUT2D eigenvalue weighted by molar-refractivity contribution is -0.0275. The Morgan fingerprint density at radius 2 is 2.27 bits per heavy atom. The van der Waals surface area contributed by atoms with Crippen molar-refractivity contribution >= 4 is 0 Å². The first-order valence-corrected chi connectivity index (χ1v) is 8.21. The van der Waals surface area contributed by atoms with Crippen LogP contribution < -0.4 is 0 Å². The third-order valence-corrected chi connectivity index (χ3v) is 4.26. The van der Waals surface area contributed by atoms with E-state index in [0.717, 1.165) is 25.8 Å². The zero-order valence-corrected chi connectivity index (χ0v) is 13.4. The molecule has 0 aromatic heterocycles. The van der Waals surface area contributed by atoms with Crippen LogP contribution in [-0.2, 0) is 11.2 Å². The minimum atomic E-state index is -0.507. The highest BCUT2D eigenvalue weighted by Crippen LogP contribution is 2.32. The number of nitrogens with zero attached hydrogens (tertiary/aromatic N) is 2. The molecule has 0 radical (unpaired) electrons. The molecule has 0 fully saturated rings. The molecule has 0 bridgehead atoms. The molecule has 4 nitrogen and oxygen atoms in total. The maximum Gasteiger partial charge on any atom is 0.0900 e. The van der Waals surface area contributed by atoms with E-state index in [4.69, 9.17) is 10.00 Å². The topological polar surface area (TPSA) is 56.5 Å². The quantitative estimate of drug-likeness (QED) is 0.802. The summed E-state index contributed by atoms with van der Waals surface area (Å²) in [6.45, 7) is 4.50. The lowest BCUT2D eigenvalue weighted by Crippen LogP contribution is -2.35. The van der Waals surface area contributed by atoms with Gasteiger partial charge in [0.25, 0.3) is 0 Å². The van der Waals surface area contributed by atoms with Crippen LogP contribution in [0.25, 0.3) is 0 Å². The Hall–Kier alpha value is -1.41. The van der Waals surface area contributed by atoms with Crippen molar-refractivity contribution in [2.75, 3.05) is 26.2 Å². The van der Waals surface area contributed by atoms with Crippen LogP contribution in [-0.4, -0.2) is 42.4 Å². The van der Waals surface area contributed by atoms with Crippen molar-refractivity contribution in [1.29, 1.82) is 5.26 Å². The van der Waals surface area contributed by atoms with Gasteiger partial charge in [0.05, 0.1) is 24.9 Å². The van der Waals surface area contributed by atoms with E-state index in [9.17, 15) is 5.11 Å². The van der Waals surface area contributed by atoms with Crippen LogP contribution in [0.2, 0.25) is 0 Å². The van der Waals surface area contributed by atoms with Crippen LogP contribution >= 0.6 is 0 Å². The molecule has 1 aliphatic rings. The molecule has 0 aliphatic heterocycles. The molecule has 1 N–H and O–H groups in total. The number of fused-ring (bicyclic) bond motifs is 1. The first kappa shape index (κ1) is 17.0. The van der Waals surface area contributed by atoms with Gasteiger partial charge in [-0.15, -0.1) is 0 Å². The fourth-order valence-corrected chi connectivity index (χ4v) is 3.05. The summed E-state index contributed by atoms with van der Waals surface area (Å²) in [6.07, 6.45) is 3.38. The standard InChI is InChI=1S/C18H26N2O2/c1-2-20(12-6-11-19)13-16(21)14-22-18-10-5-8-15-7-3-4-9-17(15)18/h3-4,7,9,16,18,21H,2,5-6,8,10,12-14H2,1H3. The number of rotatable bonds is 8. The highest BCUT2D eigenvalue weighted by Gasteiger charge is 2.21. The van der Waals surface area contributed by atoms with Gasteiger partial charge in [0.2, 0.25) is 0 Å². The lowest BCUT2D eigenvalue weighted by Gasteiger charge is -2.28. The molecule has 2 unspecified atom stereocenters. The van der Waals surface area contributed by atoms with Crippen LogP contribution in [0.15, 0.2) is 24.3 Å². The fourth-order valence-electron chi connectivity index (χ4n) is 3.05. The Labute approximate surface area is 133 Å². The molecule has 22 heavy (non-hydrogen) atoms. The molecule has 0 saturated heterocycles. The number of likely N-dealkylation sites (N-methyl/N-ethyl adjacent to an activating group) is 1. The number of hydrogen-bond acceptors (Lipinski definition) is 4. The zero-order valence-electron chi connectivity index (χ0n) is 13.4. The van der Waals surface area contributed by atoms with E-state index in [1.807, 2.05) is 6.92 Å². The Kier molecular flexibility index (Phi) is 6.85. The largest absolute Gasteiger partial charge is 0.389 e. The molecule has 0 heterocycles. The molecular formula is C18H26N2O2. The summed E-state index contributed by atoms with van der Waals surface area (Å²) in [5.41, 5.74) is 2.65. The summed E-state index contributed by atoms with van der Waals surface area (Å²) in [6, 6.07) is 10.6. The highest BCUT2D eigenvalue weighted by molar-refractivity contribution is 5.31. The molecule has 1 aliphatic carbocycles. The Bertz CT molecular complexity index is 498. The maximum absolute atomic E-state index is 10.2. The molecule has 2 atom stereocenters. The number of hydrogen-bond donors (Lipinski definition) is 1. The average Bonchev–Trinajstić information content (AvgIpc) is 2.56. The van der Waals surface area contributed by atoms with E-state index in [0.29, 0.717) is 26.1 Å².